The summed E-state index contributed by atoms with van der Waals surface area (Å²) in [6.07, 6.45) is 3.99. The molecule has 35 heavy (non-hydrogen) atoms. The molecule has 0 spiro atoms. The minimum Gasteiger partial charge on any atom is -0.348 e. The maximum Gasteiger partial charge on any atom is 0.251 e. The third-order valence-electron chi connectivity index (χ3n) is 7.03. The lowest BCUT2D eigenvalue weighted by atomic mass is 9.99. The van der Waals surface area contributed by atoms with Gasteiger partial charge in [-0.3, -0.25) is 19.7 Å². The van der Waals surface area contributed by atoms with E-state index in [1.807, 2.05) is 55.5 Å². The van der Waals surface area contributed by atoms with Crippen LogP contribution in [0.4, 0.5) is 0 Å². The number of nitrogens with one attached hydrogen (secondary N) is 2. The van der Waals surface area contributed by atoms with Crippen LogP contribution in [0.15, 0.2) is 60.8 Å². The number of carbonyl (C=O) groups excluding carboxylic acids is 2. The molecule has 2 aliphatic rings. The van der Waals surface area contributed by atoms with Crippen LogP contribution in [0.5, 0.6) is 0 Å². The van der Waals surface area contributed by atoms with Crippen molar-refractivity contribution in [1.29, 1.82) is 0 Å². The zero-order valence-electron chi connectivity index (χ0n) is 20.5. The molecule has 1 saturated heterocycles. The lowest BCUT2D eigenvalue weighted by Gasteiger charge is -2.37. The van der Waals surface area contributed by atoms with Gasteiger partial charge in [-0.15, -0.1) is 0 Å². The third-order valence-corrected chi connectivity index (χ3v) is 7.03. The smallest absolute Gasteiger partial charge is 0.251 e. The predicted molar refractivity (Wildman–Crippen MR) is 134 cm³/mol. The molecule has 2 amide bonds. The van der Waals surface area contributed by atoms with Crippen LogP contribution >= 0.6 is 0 Å². The maximum atomic E-state index is 13.3. The van der Waals surface area contributed by atoms with Crippen LogP contribution in [0.25, 0.3) is 22.2 Å². The van der Waals surface area contributed by atoms with Crippen LogP contribution in [0.2, 0.25) is 0 Å². The molecule has 1 aliphatic heterocycles. The molecule has 7 heteroatoms. The molecule has 0 radical (unpaired) electrons. The number of nitrogens with zero attached hydrogens (tertiary/aromatic N) is 3. The summed E-state index contributed by atoms with van der Waals surface area (Å²) in [5.41, 5.74) is 6.01. The van der Waals surface area contributed by atoms with Crippen molar-refractivity contribution in [3.63, 3.8) is 0 Å². The number of benzene rings is 2. The van der Waals surface area contributed by atoms with E-state index in [4.69, 9.17) is 0 Å². The highest BCUT2D eigenvalue weighted by molar-refractivity contribution is 6.01. The Bertz CT molecular complexity index is 1500. The first kappa shape index (κ1) is 20.4. The fourth-order valence-electron chi connectivity index (χ4n) is 5.25. The zero-order chi connectivity index (χ0) is 24.9. The Hall–Kier alpha value is -4.00. The molecule has 6 rings (SSSR count). The van der Waals surface area contributed by atoms with E-state index in [1.54, 1.807) is 17.2 Å². The first-order valence-corrected chi connectivity index (χ1v) is 12.0. The van der Waals surface area contributed by atoms with Crippen molar-refractivity contribution < 1.29 is 11.0 Å². The van der Waals surface area contributed by atoms with Gasteiger partial charge in [-0.2, -0.15) is 5.10 Å². The molecule has 1 unspecified atom stereocenters. The van der Waals surface area contributed by atoms with Crippen LogP contribution < -0.4 is 5.32 Å². The number of likely N-dealkylation sites (tertiary alicyclic amines) is 1. The summed E-state index contributed by atoms with van der Waals surface area (Å²) >= 11 is 0. The molecule has 1 fully saturated rings. The van der Waals surface area contributed by atoms with E-state index in [1.165, 1.54) is 0 Å². The summed E-state index contributed by atoms with van der Waals surface area (Å²) in [4.78, 5) is 32.1. The second kappa shape index (κ2) is 8.65. The number of H-pyrrole nitrogens is 1. The number of aromatic amines is 1. The van der Waals surface area contributed by atoms with Crippen molar-refractivity contribution in [2.75, 3.05) is 6.54 Å². The first-order chi connectivity index (χ1) is 17.4. The van der Waals surface area contributed by atoms with Gasteiger partial charge in [0.1, 0.15) is 5.69 Å². The van der Waals surface area contributed by atoms with Crippen LogP contribution in [-0.2, 0) is 11.2 Å². The Morgan fingerprint density at radius 1 is 1.14 bits per heavy atom. The number of piperidine rings is 1. The van der Waals surface area contributed by atoms with Crippen molar-refractivity contribution in [3.8, 4) is 11.3 Å². The Labute approximate surface area is 205 Å². The van der Waals surface area contributed by atoms with Crippen LogP contribution in [0.3, 0.4) is 0 Å². The Balaban J connectivity index is 1.23. The van der Waals surface area contributed by atoms with Crippen molar-refractivity contribution >= 4 is 22.7 Å². The second-order valence-electron chi connectivity index (χ2n) is 9.34. The number of hydrogen-bond donors (Lipinski definition) is 2. The van der Waals surface area contributed by atoms with E-state index in [0.29, 0.717) is 31.4 Å². The van der Waals surface area contributed by atoms with Gasteiger partial charge in [-0.1, -0.05) is 24.3 Å². The summed E-state index contributed by atoms with van der Waals surface area (Å²) in [6, 6.07) is 16.0. The number of amides is 2. The van der Waals surface area contributed by atoms with Crippen LogP contribution in [-0.4, -0.2) is 44.5 Å². The number of carbonyl (C=O) groups is 2. The lowest BCUT2D eigenvalue weighted by Crippen LogP contribution is -2.50. The molecule has 2 aromatic heterocycles. The minimum atomic E-state index is -1.08. The quantitative estimate of drug-likeness (QED) is 0.468. The van der Waals surface area contributed by atoms with Gasteiger partial charge in [0.25, 0.3) is 5.91 Å². The largest absolute Gasteiger partial charge is 0.348 e. The molecule has 2 atom stereocenters. The van der Waals surface area contributed by atoms with E-state index in [9.17, 15) is 11.0 Å². The first-order valence-electron chi connectivity index (χ1n) is 12.5. The van der Waals surface area contributed by atoms with Gasteiger partial charge in [0.15, 0.2) is 0 Å². The molecule has 2 N–H and O–H groups in total. The average molecular weight is 467 g/mol. The number of pyridine rings is 1. The fourth-order valence-corrected chi connectivity index (χ4v) is 5.25. The van der Waals surface area contributed by atoms with Crippen LogP contribution in [0.1, 0.15) is 53.8 Å². The van der Waals surface area contributed by atoms with Gasteiger partial charge in [0.05, 0.1) is 12.9 Å². The molecule has 3 heterocycles. The molecule has 2 aromatic carbocycles. The molecule has 0 bridgehead atoms. The summed E-state index contributed by atoms with van der Waals surface area (Å²) in [5.74, 6) is -0.218. The molecular formula is C28H27N5O2. The highest BCUT2D eigenvalue weighted by Gasteiger charge is 2.35. The van der Waals surface area contributed by atoms with E-state index < -0.39 is 6.02 Å². The minimum absolute atomic E-state index is 0.0238. The van der Waals surface area contributed by atoms with Crippen LogP contribution in [0, 0.1) is 6.92 Å². The Morgan fingerprint density at radius 3 is 2.91 bits per heavy atom. The van der Waals surface area contributed by atoms with E-state index >= 15 is 0 Å². The number of aryl methyl sites for hydroxylation is 2. The fraction of sp³-hybridized carbons (Fsp3) is 0.286. The number of fused-ring (bicyclic) bond motifs is 2. The van der Waals surface area contributed by atoms with Gasteiger partial charge < -0.3 is 10.2 Å². The molecule has 7 nitrogen and oxygen atoms in total. The SMILES string of the molecule is [2H]C1(N2C[C@H](NC(=O)c3ccc4[nH]nc(-c5ccnc(C)c5)c4c3)CCC2=O)CCc2ccccc21. The highest BCUT2D eigenvalue weighted by Crippen LogP contribution is 2.37. The van der Waals surface area contributed by atoms with Gasteiger partial charge >= 0.3 is 0 Å². The number of aromatic nitrogens is 3. The van der Waals surface area contributed by atoms with Gasteiger partial charge in [-0.05, 0) is 67.6 Å². The number of hydrogen-bond acceptors (Lipinski definition) is 4. The monoisotopic (exact) mass is 466 g/mol. The van der Waals surface area contributed by atoms with Gasteiger partial charge in [0, 0.05) is 47.4 Å². The summed E-state index contributed by atoms with van der Waals surface area (Å²) in [7, 11) is 0. The average Bonchev–Trinajstić information content (AvgIpc) is 3.47. The Morgan fingerprint density at radius 2 is 2.03 bits per heavy atom. The van der Waals surface area contributed by atoms with E-state index in [0.717, 1.165) is 45.4 Å². The van der Waals surface area contributed by atoms with Crippen molar-refractivity contribution in [3.05, 3.63) is 83.2 Å². The summed E-state index contributed by atoms with van der Waals surface area (Å²) in [5, 5.41) is 11.5. The van der Waals surface area contributed by atoms with Gasteiger partial charge in [0.2, 0.25) is 5.91 Å². The highest BCUT2D eigenvalue weighted by atomic mass is 16.2. The lowest BCUT2D eigenvalue weighted by molar-refractivity contribution is -0.136. The second-order valence-corrected chi connectivity index (χ2v) is 9.34. The summed E-state index contributed by atoms with van der Waals surface area (Å²) < 4.78 is 9.19. The zero-order valence-corrected chi connectivity index (χ0v) is 19.5. The molecular weight excluding hydrogens is 438 g/mol. The van der Waals surface area contributed by atoms with Crippen molar-refractivity contribution in [2.24, 2.45) is 0 Å². The van der Waals surface area contributed by atoms with E-state index in [-0.39, 0.29) is 17.9 Å². The molecule has 4 aromatic rings. The molecule has 1 aliphatic carbocycles. The van der Waals surface area contributed by atoms with Crippen molar-refractivity contribution in [2.45, 2.75) is 44.7 Å². The topological polar surface area (TPSA) is 91.0 Å². The summed E-state index contributed by atoms with van der Waals surface area (Å²) in [6.45, 7) is 2.26. The third kappa shape index (κ3) is 3.97. The Kier molecular flexibility index (Phi) is 5.04. The normalized spacial score (nSPS) is 22.2. The molecule has 176 valence electrons. The standard InChI is InChI=1S/C28H27N5O2/c1-17-14-19(12-13-29-17)27-23-15-20(6-9-24(23)31-32-27)28(35)30-21-8-11-26(34)33(16-21)25-10-7-18-4-2-3-5-22(18)25/h2-6,9,12-15,21,25H,7-8,10-11,16H2,1H3,(H,30,35)(H,31,32)/t21-,25?/m1/s1/i25D. The number of rotatable bonds is 4. The predicted octanol–water partition coefficient (Wildman–Crippen LogP) is 4.34. The molecule has 0 saturated carbocycles. The maximum absolute atomic E-state index is 13.3. The van der Waals surface area contributed by atoms with E-state index in [2.05, 4.69) is 20.5 Å². The van der Waals surface area contributed by atoms with Crippen molar-refractivity contribution in [1.82, 2.24) is 25.4 Å². The van der Waals surface area contributed by atoms with Gasteiger partial charge in [-0.25, -0.2) is 0 Å².